The molecule has 1 aromatic carbocycles. The molecule has 22 heavy (non-hydrogen) atoms. The van der Waals surface area contributed by atoms with Crippen molar-refractivity contribution in [1.29, 1.82) is 0 Å². The summed E-state index contributed by atoms with van der Waals surface area (Å²) < 4.78 is 0. The Morgan fingerprint density at radius 1 is 1.18 bits per heavy atom. The van der Waals surface area contributed by atoms with Crippen LogP contribution in [0.4, 0.5) is 0 Å². The molecule has 1 aliphatic heterocycles. The number of nitrogens with zero attached hydrogens (tertiary/aromatic N) is 2. The molecule has 0 saturated carbocycles. The monoisotopic (exact) mass is 304 g/mol. The fraction of sp³-hybridized carbons (Fsp3) is 0.357. The lowest BCUT2D eigenvalue weighted by Gasteiger charge is -2.18. The number of rotatable bonds is 5. The molecule has 0 radical (unpaired) electrons. The highest BCUT2D eigenvalue weighted by molar-refractivity contribution is 6.35. The molecule has 8 heteroatoms. The van der Waals surface area contributed by atoms with Gasteiger partial charge in [0.15, 0.2) is 0 Å². The van der Waals surface area contributed by atoms with Crippen LogP contribution >= 0.6 is 0 Å². The minimum absolute atomic E-state index is 0.0603. The Bertz CT molecular complexity index is 615. The summed E-state index contributed by atoms with van der Waals surface area (Å²) >= 11 is 0. The van der Waals surface area contributed by atoms with Crippen LogP contribution in [-0.2, 0) is 9.59 Å². The first-order valence-electron chi connectivity index (χ1n) is 6.84. The van der Waals surface area contributed by atoms with E-state index in [1.807, 2.05) is 0 Å². The van der Waals surface area contributed by atoms with Crippen LogP contribution in [0.15, 0.2) is 34.5 Å². The van der Waals surface area contributed by atoms with Gasteiger partial charge in [0.25, 0.3) is 5.91 Å². The minimum Gasteiger partial charge on any atom is -0.396 e. The van der Waals surface area contributed by atoms with E-state index in [0.717, 1.165) is 0 Å². The molecule has 0 saturated heterocycles. The van der Waals surface area contributed by atoms with E-state index in [2.05, 4.69) is 20.9 Å². The molecular weight excluding hydrogens is 288 g/mol. The lowest BCUT2D eigenvalue weighted by atomic mass is 9.99. The molecule has 0 fully saturated rings. The first kappa shape index (κ1) is 15.8. The smallest absolute Gasteiger partial charge is 0.309 e. The first-order valence-corrected chi connectivity index (χ1v) is 6.84. The van der Waals surface area contributed by atoms with Gasteiger partial charge in [-0.15, -0.1) is 5.11 Å². The van der Waals surface area contributed by atoms with Gasteiger partial charge in [-0.05, 0) is 18.1 Å². The van der Waals surface area contributed by atoms with Gasteiger partial charge >= 0.3 is 11.8 Å². The number of carbonyl (C=O) groups excluding carboxylic acids is 3. The largest absolute Gasteiger partial charge is 0.396 e. The highest BCUT2D eigenvalue weighted by Gasteiger charge is 2.24. The van der Waals surface area contributed by atoms with Gasteiger partial charge in [0.2, 0.25) is 0 Å². The summed E-state index contributed by atoms with van der Waals surface area (Å²) in [5.74, 6) is -1.98. The van der Waals surface area contributed by atoms with Crippen LogP contribution in [0.3, 0.4) is 0 Å². The van der Waals surface area contributed by atoms with E-state index >= 15 is 0 Å². The molecule has 1 atom stereocenters. The van der Waals surface area contributed by atoms with E-state index < -0.39 is 23.8 Å². The van der Waals surface area contributed by atoms with Gasteiger partial charge < -0.3 is 15.7 Å². The Balaban J connectivity index is 1.92. The predicted octanol–water partition coefficient (Wildman–Crippen LogP) is -0.0515. The van der Waals surface area contributed by atoms with Crippen molar-refractivity contribution in [3.63, 3.8) is 0 Å². The maximum Gasteiger partial charge on any atom is 0.309 e. The predicted molar refractivity (Wildman–Crippen MR) is 76.1 cm³/mol. The lowest BCUT2D eigenvalue weighted by molar-refractivity contribution is -0.139. The highest BCUT2D eigenvalue weighted by atomic mass is 16.3. The molecule has 2 rings (SSSR count). The Morgan fingerprint density at radius 3 is 2.68 bits per heavy atom. The van der Waals surface area contributed by atoms with Crippen LogP contribution in [0.2, 0.25) is 0 Å². The van der Waals surface area contributed by atoms with Crippen molar-refractivity contribution in [2.45, 2.75) is 12.5 Å². The fourth-order valence-electron chi connectivity index (χ4n) is 2.00. The molecule has 3 N–H and O–H groups in total. The van der Waals surface area contributed by atoms with E-state index in [1.54, 1.807) is 24.3 Å². The van der Waals surface area contributed by atoms with Crippen molar-refractivity contribution in [3.8, 4) is 0 Å². The molecule has 0 spiro atoms. The van der Waals surface area contributed by atoms with Crippen molar-refractivity contribution in [1.82, 2.24) is 10.6 Å². The van der Waals surface area contributed by atoms with E-state index in [-0.39, 0.29) is 19.7 Å². The van der Waals surface area contributed by atoms with Crippen LogP contribution in [0.25, 0.3) is 0 Å². The van der Waals surface area contributed by atoms with Gasteiger partial charge in [0.05, 0.1) is 0 Å². The molecule has 3 amide bonds. The number of amides is 3. The number of azo groups is 1. The summed E-state index contributed by atoms with van der Waals surface area (Å²) in [6.07, 6.45) is 0.380. The summed E-state index contributed by atoms with van der Waals surface area (Å²) in [6.45, 7) is 0.235. The van der Waals surface area contributed by atoms with Gasteiger partial charge in [0.1, 0.15) is 6.04 Å². The van der Waals surface area contributed by atoms with Crippen molar-refractivity contribution < 1.29 is 19.5 Å². The average molecular weight is 304 g/mol. The Morgan fingerprint density at radius 2 is 1.91 bits per heavy atom. The molecule has 0 aromatic heterocycles. The van der Waals surface area contributed by atoms with Gasteiger partial charge in [-0.3, -0.25) is 14.4 Å². The highest BCUT2D eigenvalue weighted by Crippen LogP contribution is 2.26. The molecule has 1 heterocycles. The topological polar surface area (TPSA) is 120 Å². The lowest BCUT2D eigenvalue weighted by Crippen LogP contribution is -2.41. The number of benzene rings is 1. The molecule has 1 aromatic rings. The number of nitrogens with one attached hydrogen (secondary N) is 2. The fourth-order valence-corrected chi connectivity index (χ4v) is 2.00. The first-order chi connectivity index (χ1) is 10.6. The van der Waals surface area contributed by atoms with Crippen LogP contribution in [-0.4, -0.2) is 42.5 Å². The maximum atomic E-state index is 11.6. The third kappa shape index (κ3) is 3.73. The molecule has 0 aliphatic carbocycles. The van der Waals surface area contributed by atoms with Crippen molar-refractivity contribution in [2.75, 3.05) is 19.7 Å². The number of hydrogen-bond donors (Lipinski definition) is 3. The van der Waals surface area contributed by atoms with Gasteiger partial charge in [-0.1, -0.05) is 18.2 Å². The quantitative estimate of drug-likeness (QED) is 0.521. The number of aliphatic hydroxyl groups excluding tert-OH is 1. The molecule has 1 unspecified atom stereocenters. The molecule has 1 aliphatic rings. The summed E-state index contributed by atoms with van der Waals surface area (Å²) in [7, 11) is 0. The third-order valence-electron chi connectivity index (χ3n) is 3.12. The molecular formula is C14H16N4O4. The second kappa shape index (κ2) is 7.41. The van der Waals surface area contributed by atoms with Crippen LogP contribution < -0.4 is 10.6 Å². The van der Waals surface area contributed by atoms with E-state index in [0.29, 0.717) is 17.5 Å². The molecule has 8 nitrogen and oxygen atoms in total. The zero-order valence-corrected chi connectivity index (χ0v) is 11.8. The van der Waals surface area contributed by atoms with Gasteiger partial charge in [-0.25, -0.2) is 0 Å². The van der Waals surface area contributed by atoms with Crippen molar-refractivity contribution in [2.24, 2.45) is 10.2 Å². The van der Waals surface area contributed by atoms with E-state index in [1.165, 1.54) is 0 Å². The maximum absolute atomic E-state index is 11.6. The van der Waals surface area contributed by atoms with Crippen LogP contribution in [0.5, 0.6) is 0 Å². The van der Waals surface area contributed by atoms with E-state index in [4.69, 9.17) is 5.11 Å². The van der Waals surface area contributed by atoms with Gasteiger partial charge in [-0.2, -0.15) is 5.11 Å². The normalized spacial score (nSPS) is 16.0. The standard InChI is InChI=1S/C14H16N4O4/c19-7-3-6-15-13(21)14(22)16-8-11-9-4-1-2-5-10(9)12(20)18-17-11/h1-2,4-5,11,19H,3,6-8H2,(H,15,21)(H,16,22). The number of fused-ring (bicyclic) bond motifs is 1. The zero-order chi connectivity index (χ0) is 15.9. The van der Waals surface area contributed by atoms with Crippen LogP contribution in [0, 0.1) is 0 Å². The Hall–Kier alpha value is -2.61. The Kier molecular flexibility index (Phi) is 5.31. The summed E-state index contributed by atoms with van der Waals surface area (Å²) in [4.78, 5) is 34.7. The van der Waals surface area contributed by atoms with Crippen LogP contribution in [0.1, 0.15) is 28.4 Å². The van der Waals surface area contributed by atoms with E-state index in [9.17, 15) is 14.4 Å². The number of aliphatic hydroxyl groups is 1. The number of hydrogen-bond acceptors (Lipinski definition) is 5. The zero-order valence-electron chi connectivity index (χ0n) is 11.8. The minimum atomic E-state index is -0.789. The summed E-state index contributed by atoms with van der Waals surface area (Å²) in [5.41, 5.74) is 1.12. The van der Waals surface area contributed by atoms with Crippen molar-refractivity contribution >= 4 is 17.7 Å². The molecule has 116 valence electrons. The molecule has 0 bridgehead atoms. The third-order valence-corrected chi connectivity index (χ3v) is 3.12. The average Bonchev–Trinajstić information content (AvgIpc) is 2.54. The SMILES string of the molecule is O=C(NCCCO)C(=O)NCC1N=NC(=O)c2ccccc21. The Labute approximate surface area is 126 Å². The van der Waals surface area contributed by atoms with Crippen molar-refractivity contribution in [3.05, 3.63) is 35.4 Å². The summed E-state index contributed by atoms with van der Waals surface area (Å²) in [5, 5.41) is 20.8. The second-order valence-corrected chi connectivity index (χ2v) is 4.67. The van der Waals surface area contributed by atoms with Gasteiger partial charge in [0, 0.05) is 25.3 Å². The number of carbonyl (C=O) groups is 3. The second-order valence-electron chi connectivity index (χ2n) is 4.67. The summed E-state index contributed by atoms with van der Waals surface area (Å²) in [6, 6.07) is 6.38.